The topological polar surface area (TPSA) is 54.6 Å². The average Bonchev–Trinajstić information content (AvgIpc) is 3.00. The van der Waals surface area contributed by atoms with Gasteiger partial charge in [-0.25, -0.2) is 4.98 Å². The fourth-order valence-corrected chi connectivity index (χ4v) is 3.79. The highest BCUT2D eigenvalue weighted by Crippen LogP contribution is 2.38. The molecule has 100 valence electrons. The number of nitrogens with zero attached hydrogens (tertiary/aromatic N) is 2. The van der Waals surface area contributed by atoms with E-state index in [1.165, 1.54) is 28.0 Å². The molecule has 1 aliphatic rings. The molecule has 3 aromatic rings. The molecule has 0 atom stereocenters. The Morgan fingerprint density at radius 3 is 3.15 bits per heavy atom. The van der Waals surface area contributed by atoms with Crippen molar-refractivity contribution in [2.24, 2.45) is 0 Å². The van der Waals surface area contributed by atoms with Gasteiger partial charge in [0.2, 0.25) is 0 Å². The number of aliphatic carboxylic acids is 1. The highest BCUT2D eigenvalue weighted by atomic mass is 32.1. The molecule has 2 aromatic heterocycles. The van der Waals surface area contributed by atoms with Gasteiger partial charge in [-0.2, -0.15) is 0 Å². The number of rotatable bonds is 2. The van der Waals surface area contributed by atoms with Crippen molar-refractivity contribution in [3.05, 3.63) is 46.1 Å². The molecule has 1 aliphatic carbocycles. The summed E-state index contributed by atoms with van der Waals surface area (Å²) in [5.74, 6) is -0.807. The van der Waals surface area contributed by atoms with Gasteiger partial charge in [0, 0.05) is 23.1 Å². The Bertz CT molecular complexity index is 860. The lowest BCUT2D eigenvalue weighted by molar-refractivity contribution is -0.136. The number of fused-ring (bicyclic) bond motifs is 5. The van der Waals surface area contributed by atoms with E-state index < -0.39 is 5.97 Å². The van der Waals surface area contributed by atoms with Gasteiger partial charge < -0.3 is 5.11 Å². The fraction of sp³-hybridized carbons (Fsp3) is 0.200. The van der Waals surface area contributed by atoms with Crippen LogP contribution in [0.5, 0.6) is 0 Å². The zero-order chi connectivity index (χ0) is 13.9. The van der Waals surface area contributed by atoms with Crippen molar-refractivity contribution in [2.45, 2.75) is 19.8 Å². The van der Waals surface area contributed by atoms with Crippen LogP contribution in [0, 0.1) is 6.92 Å². The second-order valence-electron chi connectivity index (χ2n) is 5.16. The Morgan fingerprint density at radius 2 is 2.35 bits per heavy atom. The molecule has 0 radical (unpaired) electrons. The van der Waals surface area contributed by atoms with E-state index in [1.54, 1.807) is 0 Å². The van der Waals surface area contributed by atoms with Crippen LogP contribution < -0.4 is 0 Å². The van der Waals surface area contributed by atoms with Crippen LogP contribution in [0.2, 0.25) is 0 Å². The smallest absolute Gasteiger partial charge is 0.309 e. The summed E-state index contributed by atoms with van der Waals surface area (Å²) < 4.78 is 2.02. The maximum Gasteiger partial charge on any atom is 0.309 e. The van der Waals surface area contributed by atoms with E-state index in [0.29, 0.717) is 0 Å². The van der Waals surface area contributed by atoms with E-state index >= 15 is 0 Å². The molecule has 2 heterocycles. The highest BCUT2D eigenvalue weighted by molar-refractivity contribution is 7.15. The molecule has 0 fully saturated rings. The lowest BCUT2D eigenvalue weighted by Crippen LogP contribution is -2.04. The standard InChI is InChI=1S/C15H12N2O2S/c1-8-2-3-9-5-12-14(11(9)4-8)16-15-17(12)10(7-20-15)6-13(18)19/h2-4,7H,5-6H2,1H3,(H,18,19). The van der Waals surface area contributed by atoms with Crippen molar-refractivity contribution in [3.8, 4) is 11.3 Å². The molecule has 20 heavy (non-hydrogen) atoms. The molecule has 1 aromatic carbocycles. The minimum Gasteiger partial charge on any atom is -0.481 e. The van der Waals surface area contributed by atoms with Crippen LogP contribution in [-0.2, 0) is 17.6 Å². The molecular weight excluding hydrogens is 272 g/mol. The Labute approximate surface area is 119 Å². The van der Waals surface area contributed by atoms with Crippen LogP contribution in [0.3, 0.4) is 0 Å². The van der Waals surface area contributed by atoms with Crippen molar-refractivity contribution in [3.63, 3.8) is 0 Å². The van der Waals surface area contributed by atoms with E-state index in [2.05, 4.69) is 25.1 Å². The molecule has 5 heteroatoms. The minimum absolute atomic E-state index is 0.0399. The number of imidazole rings is 1. The summed E-state index contributed by atoms with van der Waals surface area (Å²) in [7, 11) is 0. The number of hydrogen-bond acceptors (Lipinski definition) is 3. The Morgan fingerprint density at radius 1 is 1.50 bits per heavy atom. The predicted molar refractivity (Wildman–Crippen MR) is 77.4 cm³/mol. The molecule has 4 rings (SSSR count). The Hall–Kier alpha value is -2.14. The number of carboxylic acid groups (broad SMARTS) is 1. The van der Waals surface area contributed by atoms with Gasteiger partial charge in [-0.3, -0.25) is 9.20 Å². The quantitative estimate of drug-likeness (QED) is 0.616. The van der Waals surface area contributed by atoms with Crippen LogP contribution in [0.4, 0.5) is 0 Å². The van der Waals surface area contributed by atoms with Crippen LogP contribution in [0.25, 0.3) is 16.2 Å². The van der Waals surface area contributed by atoms with Gasteiger partial charge in [-0.15, -0.1) is 11.3 Å². The molecule has 1 N–H and O–H groups in total. The van der Waals surface area contributed by atoms with Gasteiger partial charge in [-0.05, 0) is 18.6 Å². The molecular formula is C15H12N2O2S. The highest BCUT2D eigenvalue weighted by Gasteiger charge is 2.26. The minimum atomic E-state index is -0.807. The van der Waals surface area contributed by atoms with E-state index in [9.17, 15) is 4.79 Å². The van der Waals surface area contributed by atoms with Gasteiger partial charge in [0.1, 0.15) is 0 Å². The van der Waals surface area contributed by atoms with E-state index in [4.69, 9.17) is 10.1 Å². The maximum absolute atomic E-state index is 11.0. The summed E-state index contributed by atoms with van der Waals surface area (Å²) in [5.41, 5.74) is 6.64. The van der Waals surface area contributed by atoms with Gasteiger partial charge in [-0.1, -0.05) is 17.7 Å². The number of aromatic nitrogens is 2. The lowest BCUT2D eigenvalue weighted by Gasteiger charge is -2.00. The molecule has 0 aliphatic heterocycles. The van der Waals surface area contributed by atoms with Crippen molar-refractivity contribution in [1.82, 2.24) is 9.38 Å². The Kier molecular flexibility index (Phi) is 2.29. The van der Waals surface area contributed by atoms with Crippen molar-refractivity contribution in [1.29, 1.82) is 0 Å². The van der Waals surface area contributed by atoms with Gasteiger partial charge in [0.15, 0.2) is 4.96 Å². The van der Waals surface area contributed by atoms with Gasteiger partial charge in [0.25, 0.3) is 0 Å². The van der Waals surface area contributed by atoms with Crippen LogP contribution in [0.1, 0.15) is 22.5 Å². The lowest BCUT2D eigenvalue weighted by atomic mass is 10.1. The first-order valence-electron chi connectivity index (χ1n) is 6.43. The molecule has 0 unspecified atom stereocenters. The normalized spacial score (nSPS) is 12.7. The summed E-state index contributed by atoms with van der Waals surface area (Å²) >= 11 is 1.51. The Balaban J connectivity index is 1.94. The van der Waals surface area contributed by atoms with Crippen molar-refractivity contribution in [2.75, 3.05) is 0 Å². The van der Waals surface area contributed by atoms with E-state index in [1.807, 2.05) is 9.78 Å². The molecule has 0 saturated heterocycles. The number of thiazole rings is 1. The summed E-state index contributed by atoms with van der Waals surface area (Å²) in [4.78, 5) is 16.5. The first kappa shape index (κ1) is 11.7. The van der Waals surface area contributed by atoms with Crippen molar-refractivity contribution < 1.29 is 9.90 Å². The third-order valence-corrected chi connectivity index (χ3v) is 4.61. The SMILES string of the molecule is Cc1ccc2c(c1)-c1nc3scc(CC(=O)O)n3c1C2. The molecule has 4 nitrogen and oxygen atoms in total. The zero-order valence-corrected chi connectivity index (χ0v) is 11.7. The summed E-state index contributed by atoms with van der Waals surface area (Å²) in [5, 5.41) is 10.9. The molecule has 0 amide bonds. The molecule has 0 spiro atoms. The van der Waals surface area contributed by atoms with Gasteiger partial charge >= 0.3 is 5.97 Å². The predicted octanol–water partition coefficient (Wildman–Crippen LogP) is 2.90. The average molecular weight is 284 g/mol. The number of carboxylic acids is 1. The summed E-state index contributed by atoms with van der Waals surface area (Å²) in [6.07, 6.45) is 0.869. The molecule has 0 bridgehead atoms. The van der Waals surface area contributed by atoms with E-state index in [-0.39, 0.29) is 6.42 Å². The first-order valence-corrected chi connectivity index (χ1v) is 7.31. The maximum atomic E-state index is 11.0. The van der Waals surface area contributed by atoms with E-state index in [0.717, 1.165) is 28.5 Å². The fourth-order valence-electron chi connectivity index (χ4n) is 2.88. The second-order valence-corrected chi connectivity index (χ2v) is 6.00. The number of carbonyl (C=O) groups is 1. The largest absolute Gasteiger partial charge is 0.481 e. The number of benzene rings is 1. The third kappa shape index (κ3) is 1.53. The summed E-state index contributed by atoms with van der Waals surface area (Å²) in [6.45, 7) is 2.08. The number of aryl methyl sites for hydroxylation is 1. The first-order chi connectivity index (χ1) is 9.63. The third-order valence-electron chi connectivity index (χ3n) is 3.74. The second kappa shape index (κ2) is 3.93. The molecule has 0 saturated carbocycles. The van der Waals surface area contributed by atoms with Crippen LogP contribution >= 0.6 is 11.3 Å². The zero-order valence-electron chi connectivity index (χ0n) is 10.9. The monoisotopic (exact) mass is 284 g/mol. The van der Waals surface area contributed by atoms with Crippen LogP contribution in [0.15, 0.2) is 23.6 Å². The van der Waals surface area contributed by atoms with Crippen molar-refractivity contribution >= 4 is 22.3 Å². The van der Waals surface area contributed by atoms with Crippen LogP contribution in [-0.4, -0.2) is 20.5 Å². The number of hydrogen-bond donors (Lipinski definition) is 1. The van der Waals surface area contributed by atoms with Gasteiger partial charge in [0.05, 0.1) is 17.8 Å². The summed E-state index contributed by atoms with van der Waals surface area (Å²) in [6, 6.07) is 6.41.